The molecule has 9 heteroatoms. The van der Waals surface area contributed by atoms with Crippen molar-refractivity contribution < 1.29 is 21.6 Å². The second-order valence-corrected chi connectivity index (χ2v) is 11.0. The van der Waals surface area contributed by atoms with Crippen molar-refractivity contribution >= 4 is 31.2 Å². The van der Waals surface area contributed by atoms with Gasteiger partial charge in [-0.3, -0.25) is 0 Å². The monoisotopic (exact) mass is 451 g/mol. The second kappa shape index (κ2) is 9.08. The molecule has 1 aromatic heterocycles. The minimum Gasteiger partial charge on any atom is -0.494 e. The van der Waals surface area contributed by atoms with Crippen LogP contribution in [-0.4, -0.2) is 30.0 Å². The van der Waals surface area contributed by atoms with E-state index in [1.807, 2.05) is 6.92 Å². The molecule has 0 aliphatic rings. The van der Waals surface area contributed by atoms with Crippen LogP contribution in [0.15, 0.2) is 81.9 Å². The van der Waals surface area contributed by atoms with E-state index < -0.39 is 25.1 Å². The van der Waals surface area contributed by atoms with Crippen molar-refractivity contribution in [2.75, 3.05) is 13.2 Å². The molecule has 0 aliphatic carbocycles. The third-order valence-corrected chi connectivity index (χ3v) is 8.88. The molecule has 0 fully saturated rings. The summed E-state index contributed by atoms with van der Waals surface area (Å²) in [5, 5.41) is 0.742. The summed E-state index contributed by atoms with van der Waals surface area (Å²) in [4.78, 5) is 0.768. The highest BCUT2D eigenvalue weighted by molar-refractivity contribution is 7.92. The Labute approximate surface area is 175 Å². The van der Waals surface area contributed by atoms with Crippen molar-refractivity contribution in [1.29, 1.82) is 0 Å². The van der Waals surface area contributed by atoms with Crippen molar-refractivity contribution in [3.8, 4) is 5.75 Å². The average Bonchev–Trinajstić information content (AvgIpc) is 3.23. The van der Waals surface area contributed by atoms with E-state index in [2.05, 4.69) is 4.72 Å². The number of thiophene rings is 1. The number of rotatable bonds is 9. The fraction of sp³-hybridized carbons (Fsp3) is 0.200. The van der Waals surface area contributed by atoms with Gasteiger partial charge in [0.2, 0.25) is 10.0 Å². The Hall–Kier alpha value is -2.20. The Morgan fingerprint density at radius 2 is 1.59 bits per heavy atom. The third-order valence-electron chi connectivity index (χ3n) is 4.21. The first-order chi connectivity index (χ1) is 13.8. The van der Waals surface area contributed by atoms with Gasteiger partial charge in [0, 0.05) is 11.4 Å². The Morgan fingerprint density at radius 1 is 0.897 bits per heavy atom. The predicted octanol–water partition coefficient (Wildman–Crippen LogP) is 3.64. The van der Waals surface area contributed by atoms with Crippen LogP contribution in [0.4, 0.5) is 0 Å². The smallest absolute Gasteiger partial charge is 0.240 e. The molecule has 0 saturated carbocycles. The molecule has 1 N–H and O–H groups in total. The molecule has 1 unspecified atom stereocenters. The van der Waals surface area contributed by atoms with Gasteiger partial charge in [0.05, 0.1) is 16.4 Å². The number of nitrogens with one attached hydrogen (secondary N) is 1. The fourth-order valence-electron chi connectivity index (χ4n) is 2.76. The number of benzene rings is 2. The van der Waals surface area contributed by atoms with E-state index in [9.17, 15) is 16.8 Å². The first-order valence-electron chi connectivity index (χ1n) is 8.89. The lowest BCUT2D eigenvalue weighted by atomic mass is 10.3. The summed E-state index contributed by atoms with van der Waals surface area (Å²) < 4.78 is 59.5. The maximum Gasteiger partial charge on any atom is 0.240 e. The SMILES string of the molecule is CCOc1ccc(S(=O)(=O)NCC(c2cccs2)S(=O)(=O)c2ccccc2)cc1. The quantitative estimate of drug-likeness (QED) is 0.536. The number of sulfone groups is 1. The lowest BCUT2D eigenvalue weighted by Gasteiger charge is -2.17. The summed E-state index contributed by atoms with van der Waals surface area (Å²) in [6.07, 6.45) is 0. The van der Waals surface area contributed by atoms with Gasteiger partial charge in [-0.1, -0.05) is 24.3 Å². The van der Waals surface area contributed by atoms with Gasteiger partial charge in [0.15, 0.2) is 9.84 Å². The lowest BCUT2D eigenvalue weighted by molar-refractivity contribution is 0.340. The van der Waals surface area contributed by atoms with Crippen LogP contribution in [0, 0.1) is 0 Å². The minimum atomic E-state index is -3.89. The van der Waals surface area contributed by atoms with Crippen LogP contribution in [0.1, 0.15) is 17.1 Å². The Morgan fingerprint density at radius 3 is 2.17 bits per heavy atom. The second-order valence-electron chi connectivity index (χ2n) is 6.12. The van der Waals surface area contributed by atoms with Crippen LogP contribution < -0.4 is 9.46 Å². The molecule has 29 heavy (non-hydrogen) atoms. The molecule has 0 aliphatic heterocycles. The maximum atomic E-state index is 13.2. The molecule has 2 aromatic carbocycles. The Balaban J connectivity index is 1.86. The molecule has 154 valence electrons. The van der Waals surface area contributed by atoms with E-state index in [4.69, 9.17) is 4.74 Å². The van der Waals surface area contributed by atoms with Crippen molar-refractivity contribution in [2.45, 2.75) is 22.0 Å². The summed E-state index contributed by atoms with van der Waals surface area (Å²) in [6, 6.07) is 17.5. The summed E-state index contributed by atoms with van der Waals surface area (Å²) in [5.74, 6) is 0.564. The molecule has 0 bridgehead atoms. The van der Waals surface area contributed by atoms with E-state index in [1.54, 1.807) is 47.8 Å². The highest BCUT2D eigenvalue weighted by Crippen LogP contribution is 2.31. The van der Waals surface area contributed by atoms with Gasteiger partial charge in [-0.15, -0.1) is 11.3 Å². The van der Waals surface area contributed by atoms with Crippen molar-refractivity contribution in [3.05, 3.63) is 77.0 Å². The maximum absolute atomic E-state index is 13.2. The molecule has 6 nitrogen and oxygen atoms in total. The molecule has 1 atom stereocenters. The van der Waals surface area contributed by atoms with Crippen molar-refractivity contribution in [2.24, 2.45) is 0 Å². The van der Waals surface area contributed by atoms with Crippen molar-refractivity contribution in [3.63, 3.8) is 0 Å². The Kier molecular flexibility index (Phi) is 6.74. The summed E-state index contributed by atoms with van der Waals surface area (Å²) in [7, 11) is -7.67. The zero-order valence-electron chi connectivity index (χ0n) is 15.7. The predicted molar refractivity (Wildman–Crippen MR) is 113 cm³/mol. The Bertz CT molecular complexity index is 1120. The van der Waals surface area contributed by atoms with Gasteiger partial charge in [0.1, 0.15) is 11.0 Å². The van der Waals surface area contributed by atoms with Gasteiger partial charge in [-0.05, 0) is 54.8 Å². The molecule has 0 spiro atoms. The van der Waals surface area contributed by atoms with Crippen LogP contribution in [0.2, 0.25) is 0 Å². The van der Waals surface area contributed by atoms with E-state index >= 15 is 0 Å². The van der Waals surface area contributed by atoms with E-state index in [0.29, 0.717) is 17.2 Å². The molecule has 1 heterocycles. The first-order valence-corrected chi connectivity index (χ1v) is 12.8. The molecular formula is C20H21NO5S3. The molecular weight excluding hydrogens is 430 g/mol. The third kappa shape index (κ3) is 5.05. The molecule has 3 rings (SSSR count). The van der Waals surface area contributed by atoms with Crippen LogP contribution >= 0.6 is 11.3 Å². The largest absolute Gasteiger partial charge is 0.494 e. The number of hydrogen-bond donors (Lipinski definition) is 1. The van der Waals surface area contributed by atoms with E-state index in [-0.39, 0.29) is 16.3 Å². The van der Waals surface area contributed by atoms with E-state index in [0.717, 1.165) is 0 Å². The molecule has 0 amide bonds. The highest BCUT2D eigenvalue weighted by Gasteiger charge is 2.31. The van der Waals surface area contributed by atoms with Gasteiger partial charge < -0.3 is 4.74 Å². The van der Waals surface area contributed by atoms with Gasteiger partial charge in [-0.25, -0.2) is 21.6 Å². The minimum absolute atomic E-state index is 0.0444. The van der Waals surface area contributed by atoms with Crippen molar-refractivity contribution in [1.82, 2.24) is 4.72 Å². The van der Waals surface area contributed by atoms with Gasteiger partial charge >= 0.3 is 0 Å². The topological polar surface area (TPSA) is 89.5 Å². The standard InChI is InChI=1S/C20H21NO5S3/c1-2-26-16-10-12-18(13-11-16)29(24,25)21-15-20(19-9-6-14-27-19)28(22,23)17-7-4-3-5-8-17/h3-14,20-21H,2,15H2,1H3. The van der Waals surface area contributed by atoms with Crippen LogP contribution in [0.3, 0.4) is 0 Å². The molecule has 0 saturated heterocycles. The number of hydrogen-bond acceptors (Lipinski definition) is 6. The first kappa shape index (κ1) is 21.5. The summed E-state index contributed by atoms with van der Waals surface area (Å²) in [5.41, 5.74) is 0. The summed E-state index contributed by atoms with van der Waals surface area (Å²) in [6.45, 7) is 2.04. The van der Waals surface area contributed by atoms with E-state index in [1.165, 1.54) is 35.6 Å². The van der Waals surface area contributed by atoms with Crippen LogP contribution in [-0.2, 0) is 19.9 Å². The molecule has 3 aromatic rings. The van der Waals surface area contributed by atoms with Gasteiger partial charge in [0.25, 0.3) is 0 Å². The van der Waals surface area contributed by atoms with Crippen LogP contribution in [0.5, 0.6) is 5.75 Å². The average molecular weight is 452 g/mol. The fourth-order valence-corrected chi connectivity index (χ4v) is 6.72. The summed E-state index contributed by atoms with van der Waals surface area (Å²) >= 11 is 1.28. The van der Waals surface area contributed by atoms with Gasteiger partial charge in [-0.2, -0.15) is 0 Å². The van der Waals surface area contributed by atoms with Crippen LogP contribution in [0.25, 0.3) is 0 Å². The normalized spacial score (nSPS) is 13.1. The number of ether oxygens (including phenoxy) is 1. The molecule has 0 radical (unpaired) electrons. The lowest BCUT2D eigenvalue weighted by Crippen LogP contribution is -2.31. The zero-order valence-corrected chi connectivity index (χ0v) is 18.1. The highest BCUT2D eigenvalue weighted by atomic mass is 32.2. The number of sulfonamides is 1. The zero-order chi connectivity index (χ0) is 20.9.